The second-order valence-electron chi connectivity index (χ2n) is 10.4. The van der Waals surface area contributed by atoms with Crippen molar-refractivity contribution >= 4 is 21.9 Å². The summed E-state index contributed by atoms with van der Waals surface area (Å²) >= 11 is 0. The van der Waals surface area contributed by atoms with Crippen LogP contribution in [0.3, 0.4) is 0 Å². The molecular formula is C35H28IrN2O-2. The topological polar surface area (TPSA) is 38.9 Å². The second-order valence-corrected chi connectivity index (χ2v) is 10.4. The predicted octanol–water partition coefficient (Wildman–Crippen LogP) is 8.90. The first-order valence-corrected chi connectivity index (χ1v) is 13.5. The predicted molar refractivity (Wildman–Crippen MR) is 152 cm³/mol. The zero-order chi connectivity index (χ0) is 25.3. The molecule has 8 rings (SSSR count). The number of pyridine rings is 2. The second kappa shape index (κ2) is 11.3. The normalized spacial score (nSPS) is 19.4. The molecule has 0 amide bonds. The Morgan fingerprint density at radius 3 is 2.15 bits per heavy atom. The van der Waals surface area contributed by atoms with E-state index in [0.29, 0.717) is 5.92 Å². The van der Waals surface area contributed by atoms with Crippen molar-refractivity contribution in [3.63, 3.8) is 0 Å². The van der Waals surface area contributed by atoms with Gasteiger partial charge in [-0.15, -0.1) is 54.1 Å². The number of rotatable bonds is 3. The van der Waals surface area contributed by atoms with Gasteiger partial charge < -0.3 is 14.4 Å². The first-order chi connectivity index (χ1) is 18.8. The fraction of sp³-hybridized carbons (Fsp3) is 0.200. The summed E-state index contributed by atoms with van der Waals surface area (Å²) in [4.78, 5) is 8.73. The summed E-state index contributed by atoms with van der Waals surface area (Å²) in [5, 5.41) is 2.40. The van der Waals surface area contributed by atoms with Crippen LogP contribution < -0.4 is 0 Å². The molecule has 3 unspecified atom stereocenters. The van der Waals surface area contributed by atoms with Gasteiger partial charge >= 0.3 is 0 Å². The summed E-state index contributed by atoms with van der Waals surface area (Å²) in [6, 6.07) is 36.9. The van der Waals surface area contributed by atoms with Gasteiger partial charge in [-0.2, -0.15) is 0 Å². The number of nitrogens with zero attached hydrogens (tertiary/aromatic N) is 2. The third-order valence-electron chi connectivity index (χ3n) is 8.20. The summed E-state index contributed by atoms with van der Waals surface area (Å²) in [7, 11) is 0. The van der Waals surface area contributed by atoms with Crippen LogP contribution in [-0.4, -0.2) is 9.97 Å². The fourth-order valence-corrected chi connectivity index (χ4v) is 6.48. The minimum atomic E-state index is 0. The van der Waals surface area contributed by atoms with Crippen molar-refractivity contribution in [3.05, 3.63) is 121 Å². The molecular weight excluding hydrogens is 657 g/mol. The van der Waals surface area contributed by atoms with E-state index in [9.17, 15) is 0 Å². The molecule has 2 aliphatic rings. The molecule has 6 aromatic rings. The minimum absolute atomic E-state index is 0. The van der Waals surface area contributed by atoms with Gasteiger partial charge in [0.05, 0.1) is 5.58 Å². The Morgan fingerprint density at radius 2 is 1.46 bits per heavy atom. The van der Waals surface area contributed by atoms with Gasteiger partial charge in [0.15, 0.2) is 0 Å². The summed E-state index contributed by atoms with van der Waals surface area (Å²) in [6.07, 6.45) is 9.17. The van der Waals surface area contributed by atoms with Crippen LogP contribution in [0.1, 0.15) is 37.2 Å². The zero-order valence-electron chi connectivity index (χ0n) is 21.5. The van der Waals surface area contributed by atoms with Crippen molar-refractivity contribution in [2.45, 2.75) is 31.6 Å². The average molecular weight is 685 g/mol. The van der Waals surface area contributed by atoms with Gasteiger partial charge in [-0.1, -0.05) is 59.8 Å². The van der Waals surface area contributed by atoms with Crippen LogP contribution in [0.2, 0.25) is 0 Å². The van der Waals surface area contributed by atoms with Crippen molar-refractivity contribution in [2.24, 2.45) is 11.8 Å². The standard InChI is InChI=1S/C24H20NO.C11H8N.Ir/c1-2-12-25-22(9-1)20-8-4-6-18-17-5-3-7-19(23(17)26-24(18)20)21-14-15-10-11-16(21)13-15;1-2-6-10(7-3-1)11-8-4-5-9-12-11;/h1-7,9,12,15-16,21H,10-11,13-14H2;1-6,8-9H;/q2*-1;. The first kappa shape index (κ1) is 25.7. The minimum Gasteiger partial charge on any atom is -0.500 e. The summed E-state index contributed by atoms with van der Waals surface area (Å²) in [5.74, 6) is 2.45. The molecule has 3 aromatic carbocycles. The molecule has 0 spiro atoms. The van der Waals surface area contributed by atoms with Gasteiger partial charge in [0.2, 0.25) is 0 Å². The smallest absolute Gasteiger partial charge is 0.124 e. The molecule has 2 aliphatic carbocycles. The van der Waals surface area contributed by atoms with E-state index in [0.717, 1.165) is 45.5 Å². The molecule has 2 fully saturated rings. The van der Waals surface area contributed by atoms with Crippen molar-refractivity contribution in [2.75, 3.05) is 0 Å². The Kier molecular flexibility index (Phi) is 7.41. The Morgan fingerprint density at radius 1 is 0.667 bits per heavy atom. The van der Waals surface area contributed by atoms with E-state index < -0.39 is 0 Å². The van der Waals surface area contributed by atoms with Crippen LogP contribution in [-0.2, 0) is 20.1 Å². The Bertz CT molecular complexity index is 1640. The molecule has 0 aliphatic heterocycles. The van der Waals surface area contributed by atoms with E-state index >= 15 is 0 Å². The number of hydrogen-bond acceptors (Lipinski definition) is 3. The van der Waals surface area contributed by atoms with Gasteiger partial charge in [0.1, 0.15) is 5.58 Å². The van der Waals surface area contributed by atoms with Crippen LogP contribution in [0.15, 0.2) is 108 Å². The molecule has 39 heavy (non-hydrogen) atoms. The molecule has 195 valence electrons. The van der Waals surface area contributed by atoms with Crippen LogP contribution in [0.25, 0.3) is 44.5 Å². The Labute approximate surface area is 242 Å². The van der Waals surface area contributed by atoms with Gasteiger partial charge in [-0.3, -0.25) is 0 Å². The molecule has 0 N–H and O–H groups in total. The van der Waals surface area contributed by atoms with E-state index in [-0.39, 0.29) is 20.1 Å². The van der Waals surface area contributed by atoms with Crippen LogP contribution in [0, 0.1) is 24.0 Å². The van der Waals surface area contributed by atoms with Gasteiger partial charge in [-0.05, 0) is 66.1 Å². The summed E-state index contributed by atoms with van der Waals surface area (Å²) < 4.78 is 6.52. The quantitative estimate of drug-likeness (QED) is 0.175. The maximum Gasteiger partial charge on any atom is 0.124 e. The SMILES string of the molecule is [Ir].[c-]1ccc2c(oc3c(C4CC5CCC4C5)cccc32)c1-c1ccccn1.[c-]1ccccc1-c1ccccn1. The summed E-state index contributed by atoms with van der Waals surface area (Å²) in [6.45, 7) is 0. The number of para-hydroxylation sites is 1. The molecule has 3 atom stereocenters. The summed E-state index contributed by atoms with van der Waals surface area (Å²) in [5.41, 5.74) is 7.29. The van der Waals surface area contributed by atoms with Crippen LogP contribution >= 0.6 is 0 Å². The number of benzene rings is 3. The molecule has 2 saturated carbocycles. The number of fused-ring (bicyclic) bond motifs is 5. The van der Waals surface area contributed by atoms with E-state index in [4.69, 9.17) is 4.42 Å². The zero-order valence-corrected chi connectivity index (χ0v) is 23.9. The largest absolute Gasteiger partial charge is 0.500 e. The average Bonchev–Trinajstić information content (AvgIpc) is 3.73. The van der Waals surface area contributed by atoms with Crippen molar-refractivity contribution in [1.82, 2.24) is 9.97 Å². The Balaban J connectivity index is 0.000000180. The maximum atomic E-state index is 6.52. The van der Waals surface area contributed by atoms with Gasteiger partial charge in [-0.25, -0.2) is 0 Å². The number of hydrogen-bond donors (Lipinski definition) is 0. The van der Waals surface area contributed by atoms with Gasteiger partial charge in [0, 0.05) is 37.9 Å². The van der Waals surface area contributed by atoms with E-state index in [1.165, 1.54) is 42.0 Å². The molecule has 3 aromatic heterocycles. The molecule has 1 radical (unpaired) electrons. The number of aromatic nitrogens is 2. The molecule has 3 heterocycles. The number of furan rings is 1. The van der Waals surface area contributed by atoms with Crippen molar-refractivity contribution in [3.8, 4) is 22.5 Å². The first-order valence-electron chi connectivity index (χ1n) is 13.5. The van der Waals surface area contributed by atoms with E-state index in [2.05, 4.69) is 46.4 Å². The fourth-order valence-electron chi connectivity index (χ4n) is 6.48. The van der Waals surface area contributed by atoms with Gasteiger partial charge in [0.25, 0.3) is 0 Å². The van der Waals surface area contributed by atoms with Crippen molar-refractivity contribution in [1.29, 1.82) is 0 Å². The molecule has 2 bridgehead atoms. The maximum absolute atomic E-state index is 6.52. The molecule has 3 nitrogen and oxygen atoms in total. The molecule has 4 heteroatoms. The monoisotopic (exact) mass is 685 g/mol. The van der Waals surface area contributed by atoms with E-state index in [1.54, 1.807) is 6.20 Å². The van der Waals surface area contributed by atoms with Crippen LogP contribution in [0.5, 0.6) is 0 Å². The third kappa shape index (κ3) is 4.95. The van der Waals surface area contributed by atoms with Crippen molar-refractivity contribution < 1.29 is 24.5 Å². The van der Waals surface area contributed by atoms with E-state index in [1.807, 2.05) is 72.9 Å². The Hall–Kier alpha value is -3.59. The third-order valence-corrected chi connectivity index (χ3v) is 8.20. The molecule has 0 saturated heterocycles. The van der Waals surface area contributed by atoms with Crippen LogP contribution in [0.4, 0.5) is 0 Å².